The van der Waals surface area contributed by atoms with Crippen LogP contribution in [0.1, 0.15) is 32.4 Å². The van der Waals surface area contributed by atoms with Gasteiger partial charge in [0.25, 0.3) is 5.91 Å². The van der Waals surface area contributed by atoms with E-state index in [2.05, 4.69) is 26.6 Å². The molecule has 2 N–H and O–H groups in total. The third-order valence-electron chi connectivity index (χ3n) is 3.77. The Morgan fingerprint density at radius 3 is 2.50 bits per heavy atom. The van der Waals surface area contributed by atoms with Gasteiger partial charge >= 0.3 is 6.03 Å². The second-order valence-electron chi connectivity index (χ2n) is 5.07. The number of rotatable bonds is 4. The van der Waals surface area contributed by atoms with Crippen LogP contribution in [0.5, 0.6) is 0 Å². The predicted molar refractivity (Wildman–Crippen MR) is 89.2 cm³/mol. The second-order valence-corrected chi connectivity index (χ2v) is 5.92. The van der Waals surface area contributed by atoms with E-state index in [1.807, 2.05) is 38.1 Å². The zero-order chi connectivity index (χ0) is 16.3. The molecule has 2 rings (SSSR count). The number of benzene rings is 1. The summed E-state index contributed by atoms with van der Waals surface area (Å²) in [7, 11) is 0. The first kappa shape index (κ1) is 16.5. The molecule has 1 atom stereocenters. The van der Waals surface area contributed by atoms with Crippen LogP contribution in [0.15, 0.2) is 40.0 Å². The summed E-state index contributed by atoms with van der Waals surface area (Å²) in [6, 6.07) is 6.84. The van der Waals surface area contributed by atoms with Gasteiger partial charge in [0, 0.05) is 23.3 Å². The highest BCUT2D eigenvalue weighted by atomic mass is 79.9. The van der Waals surface area contributed by atoms with Gasteiger partial charge in [-0.1, -0.05) is 34.1 Å². The molecule has 1 aliphatic rings. The van der Waals surface area contributed by atoms with E-state index in [4.69, 9.17) is 0 Å². The Hall–Kier alpha value is -1.82. The standard InChI is InChI=1S/C16H20BrN3O2/c1-4-20(5-2)15(21)13-10(3)18-16(22)19-14(13)11-8-6-7-9-12(11)17/h6-9,14H,4-5H2,1-3H3,(H2,18,19,22)/t14-/m0/s1. The highest BCUT2D eigenvalue weighted by Gasteiger charge is 2.33. The number of nitrogens with one attached hydrogen (secondary N) is 2. The molecule has 5 nitrogen and oxygen atoms in total. The van der Waals surface area contributed by atoms with Crippen molar-refractivity contribution in [3.8, 4) is 0 Å². The van der Waals surface area contributed by atoms with Crippen LogP contribution in [0.2, 0.25) is 0 Å². The van der Waals surface area contributed by atoms with Crippen molar-refractivity contribution in [3.05, 3.63) is 45.6 Å². The van der Waals surface area contributed by atoms with Crippen molar-refractivity contribution < 1.29 is 9.59 Å². The monoisotopic (exact) mass is 365 g/mol. The van der Waals surface area contributed by atoms with Crippen molar-refractivity contribution in [1.82, 2.24) is 15.5 Å². The van der Waals surface area contributed by atoms with Crippen LogP contribution < -0.4 is 10.6 Å². The van der Waals surface area contributed by atoms with Gasteiger partial charge in [0.1, 0.15) is 0 Å². The molecule has 1 aromatic rings. The van der Waals surface area contributed by atoms with Crippen LogP contribution >= 0.6 is 15.9 Å². The molecule has 0 spiro atoms. The molecule has 0 aromatic heterocycles. The Morgan fingerprint density at radius 1 is 1.27 bits per heavy atom. The Kier molecular flexibility index (Phi) is 5.24. The summed E-state index contributed by atoms with van der Waals surface area (Å²) in [5.41, 5.74) is 2.05. The average Bonchev–Trinajstić information content (AvgIpc) is 2.48. The smallest absolute Gasteiger partial charge is 0.319 e. The van der Waals surface area contributed by atoms with Gasteiger partial charge in [-0.25, -0.2) is 4.79 Å². The third kappa shape index (κ3) is 3.16. The largest absolute Gasteiger partial charge is 0.339 e. The fourth-order valence-electron chi connectivity index (χ4n) is 2.60. The van der Waals surface area contributed by atoms with E-state index in [0.717, 1.165) is 10.0 Å². The first-order valence-corrected chi connectivity index (χ1v) is 8.10. The average molecular weight is 366 g/mol. The molecule has 1 aromatic carbocycles. The van der Waals surface area contributed by atoms with Gasteiger partial charge in [-0.2, -0.15) is 0 Å². The van der Waals surface area contributed by atoms with Crippen LogP contribution in [-0.4, -0.2) is 29.9 Å². The van der Waals surface area contributed by atoms with Crippen LogP contribution in [0.4, 0.5) is 4.79 Å². The lowest BCUT2D eigenvalue weighted by molar-refractivity contribution is -0.127. The first-order chi connectivity index (χ1) is 10.5. The van der Waals surface area contributed by atoms with Gasteiger partial charge in [0.05, 0.1) is 11.6 Å². The van der Waals surface area contributed by atoms with Crippen molar-refractivity contribution in [2.75, 3.05) is 13.1 Å². The normalized spacial score (nSPS) is 17.8. The summed E-state index contributed by atoms with van der Waals surface area (Å²) < 4.78 is 0.861. The lowest BCUT2D eigenvalue weighted by Gasteiger charge is -2.32. The fourth-order valence-corrected chi connectivity index (χ4v) is 3.11. The number of hydrogen-bond acceptors (Lipinski definition) is 2. The van der Waals surface area contributed by atoms with Crippen molar-refractivity contribution in [1.29, 1.82) is 0 Å². The number of carbonyl (C=O) groups is 2. The van der Waals surface area contributed by atoms with E-state index in [1.54, 1.807) is 11.8 Å². The number of urea groups is 1. The van der Waals surface area contributed by atoms with Crippen LogP contribution in [-0.2, 0) is 4.79 Å². The number of amides is 3. The number of hydrogen-bond donors (Lipinski definition) is 2. The molecule has 0 aliphatic carbocycles. The predicted octanol–water partition coefficient (Wildman–Crippen LogP) is 2.95. The Bertz CT molecular complexity index is 624. The Morgan fingerprint density at radius 2 is 1.91 bits per heavy atom. The van der Waals surface area contributed by atoms with E-state index >= 15 is 0 Å². The van der Waals surface area contributed by atoms with Crippen molar-refractivity contribution >= 4 is 27.9 Å². The van der Waals surface area contributed by atoms with E-state index in [9.17, 15) is 9.59 Å². The van der Waals surface area contributed by atoms with E-state index in [0.29, 0.717) is 24.4 Å². The minimum Gasteiger partial charge on any atom is -0.339 e. The highest BCUT2D eigenvalue weighted by Crippen LogP contribution is 2.32. The molecule has 0 fully saturated rings. The van der Waals surface area contributed by atoms with Crippen LogP contribution in [0.3, 0.4) is 0 Å². The van der Waals surface area contributed by atoms with Gasteiger partial charge in [0.15, 0.2) is 0 Å². The first-order valence-electron chi connectivity index (χ1n) is 7.31. The highest BCUT2D eigenvalue weighted by molar-refractivity contribution is 9.10. The zero-order valence-electron chi connectivity index (χ0n) is 12.9. The molecule has 22 heavy (non-hydrogen) atoms. The number of halogens is 1. The molecule has 0 bridgehead atoms. The summed E-state index contributed by atoms with van der Waals surface area (Å²) >= 11 is 3.50. The molecule has 6 heteroatoms. The third-order valence-corrected chi connectivity index (χ3v) is 4.49. The van der Waals surface area contributed by atoms with Crippen LogP contribution in [0.25, 0.3) is 0 Å². The molecule has 1 aliphatic heterocycles. The quantitative estimate of drug-likeness (QED) is 0.861. The lowest BCUT2D eigenvalue weighted by atomic mass is 9.94. The maximum absolute atomic E-state index is 12.8. The molecule has 118 valence electrons. The Balaban J connectivity index is 2.50. The van der Waals surface area contributed by atoms with Gasteiger partial charge < -0.3 is 15.5 Å². The minimum absolute atomic E-state index is 0.0595. The maximum atomic E-state index is 12.8. The summed E-state index contributed by atoms with van der Waals surface area (Å²) in [5, 5.41) is 5.55. The molecule has 1 heterocycles. The lowest BCUT2D eigenvalue weighted by Crippen LogP contribution is -2.47. The molecule has 0 saturated carbocycles. The van der Waals surface area contributed by atoms with Gasteiger partial charge in [-0.05, 0) is 32.4 Å². The van der Waals surface area contributed by atoms with Crippen LogP contribution in [0, 0.1) is 0 Å². The molecule has 0 unspecified atom stereocenters. The van der Waals surface area contributed by atoms with E-state index in [1.165, 1.54) is 0 Å². The Labute approximate surface area is 138 Å². The fraction of sp³-hybridized carbons (Fsp3) is 0.375. The maximum Gasteiger partial charge on any atom is 0.319 e. The van der Waals surface area contributed by atoms with E-state index < -0.39 is 6.04 Å². The molecule has 0 saturated heterocycles. The van der Waals surface area contributed by atoms with Gasteiger partial charge in [-0.15, -0.1) is 0 Å². The molecule has 0 radical (unpaired) electrons. The van der Waals surface area contributed by atoms with Gasteiger partial charge in [-0.3, -0.25) is 4.79 Å². The number of nitrogens with zero attached hydrogens (tertiary/aromatic N) is 1. The number of likely N-dealkylation sites (N-methyl/N-ethyl adjacent to an activating group) is 1. The van der Waals surface area contributed by atoms with E-state index in [-0.39, 0.29) is 11.9 Å². The molecular weight excluding hydrogens is 346 g/mol. The SMILES string of the molecule is CCN(CC)C(=O)C1=C(C)NC(=O)N[C@H]1c1ccccc1Br. The summed E-state index contributed by atoms with van der Waals surface area (Å²) in [6.07, 6.45) is 0. The van der Waals surface area contributed by atoms with Gasteiger partial charge in [0.2, 0.25) is 0 Å². The van der Waals surface area contributed by atoms with Crippen molar-refractivity contribution in [2.24, 2.45) is 0 Å². The summed E-state index contributed by atoms with van der Waals surface area (Å²) in [5.74, 6) is -0.0595. The molecule has 3 amide bonds. The van der Waals surface area contributed by atoms with Crippen molar-refractivity contribution in [3.63, 3.8) is 0 Å². The topological polar surface area (TPSA) is 61.4 Å². The summed E-state index contributed by atoms with van der Waals surface area (Å²) in [4.78, 5) is 26.4. The zero-order valence-corrected chi connectivity index (χ0v) is 14.5. The summed E-state index contributed by atoms with van der Waals surface area (Å²) in [6.45, 7) is 6.91. The number of allylic oxidation sites excluding steroid dienone is 1. The second kappa shape index (κ2) is 6.96. The number of carbonyl (C=O) groups excluding carboxylic acids is 2. The van der Waals surface area contributed by atoms with Crippen molar-refractivity contribution in [2.45, 2.75) is 26.8 Å². The minimum atomic E-state index is -0.461. The molecular formula is C16H20BrN3O2.